The van der Waals surface area contributed by atoms with Crippen molar-refractivity contribution >= 4 is 38.8 Å². The number of rotatable bonds is 3. The molecular weight excluding hydrogens is 278 g/mol. The Balaban J connectivity index is 1.83. The first kappa shape index (κ1) is 12.4. The van der Waals surface area contributed by atoms with Gasteiger partial charge in [0.2, 0.25) is 0 Å². The summed E-state index contributed by atoms with van der Waals surface area (Å²) < 4.78 is 0.995. The number of non-ortho nitro benzene ring substituents is 1. The second-order valence-corrected chi connectivity index (χ2v) is 5.09. The maximum absolute atomic E-state index is 12.1. The number of aromatic amines is 1. The molecule has 0 atom stereocenters. The third-order valence-electron chi connectivity index (χ3n) is 2.80. The van der Waals surface area contributed by atoms with Gasteiger partial charge in [-0.2, -0.15) is 0 Å². The lowest BCUT2D eigenvalue weighted by molar-refractivity contribution is -0.384. The highest BCUT2D eigenvalue weighted by molar-refractivity contribution is 7.17. The fraction of sp³-hybridized carbons (Fsp3) is 0. The molecule has 6 nitrogen and oxygen atoms in total. The van der Waals surface area contributed by atoms with Crippen molar-refractivity contribution < 1.29 is 9.72 Å². The molecule has 0 fully saturated rings. The summed E-state index contributed by atoms with van der Waals surface area (Å²) in [4.78, 5) is 25.2. The van der Waals surface area contributed by atoms with Gasteiger partial charge in [0, 0.05) is 17.8 Å². The summed E-state index contributed by atoms with van der Waals surface area (Å²) in [5.41, 5.74) is 1.66. The van der Waals surface area contributed by atoms with Gasteiger partial charge in [0.1, 0.15) is 5.69 Å². The third kappa shape index (κ3) is 2.26. The molecule has 0 aliphatic heterocycles. The van der Waals surface area contributed by atoms with Crippen LogP contribution in [0.15, 0.2) is 41.8 Å². The molecule has 3 rings (SSSR count). The van der Waals surface area contributed by atoms with E-state index in [9.17, 15) is 14.9 Å². The number of anilines is 1. The smallest absolute Gasteiger partial charge is 0.272 e. The minimum atomic E-state index is -0.500. The third-order valence-corrected chi connectivity index (χ3v) is 3.66. The van der Waals surface area contributed by atoms with E-state index in [-0.39, 0.29) is 11.6 Å². The SMILES string of the molecule is O=C(Nc1cccc([N+](=O)[O-])c1)c1cc2sccc2[nH]1. The number of nitro benzene ring substituents is 1. The van der Waals surface area contributed by atoms with Gasteiger partial charge in [-0.15, -0.1) is 11.3 Å². The average molecular weight is 287 g/mol. The van der Waals surface area contributed by atoms with Gasteiger partial charge in [-0.05, 0) is 23.6 Å². The fourth-order valence-corrected chi connectivity index (χ4v) is 2.65. The van der Waals surface area contributed by atoms with Gasteiger partial charge >= 0.3 is 0 Å². The van der Waals surface area contributed by atoms with Crippen molar-refractivity contribution in [2.75, 3.05) is 5.32 Å². The number of amides is 1. The number of thiophene rings is 1. The van der Waals surface area contributed by atoms with Gasteiger partial charge in [-0.1, -0.05) is 6.07 Å². The fourth-order valence-electron chi connectivity index (χ4n) is 1.87. The first-order chi connectivity index (χ1) is 9.63. The standard InChI is InChI=1S/C13H9N3O3S/c17-13(11-7-12-10(15-11)4-5-20-12)14-8-2-1-3-9(6-8)16(18)19/h1-7,15H,(H,14,17). The molecular formula is C13H9N3O3S. The lowest BCUT2D eigenvalue weighted by atomic mass is 10.2. The predicted octanol–water partition coefficient (Wildman–Crippen LogP) is 3.39. The van der Waals surface area contributed by atoms with Crippen LogP contribution >= 0.6 is 11.3 Å². The Morgan fingerprint density at radius 1 is 1.30 bits per heavy atom. The number of carbonyl (C=O) groups excluding carboxylic acids is 1. The number of fused-ring (bicyclic) bond motifs is 1. The van der Waals surface area contributed by atoms with Crippen LogP contribution in [-0.4, -0.2) is 15.8 Å². The highest BCUT2D eigenvalue weighted by atomic mass is 32.1. The second-order valence-electron chi connectivity index (χ2n) is 4.14. The Morgan fingerprint density at radius 3 is 2.90 bits per heavy atom. The molecule has 0 unspecified atom stereocenters. The van der Waals surface area contributed by atoms with Crippen LogP contribution in [0.2, 0.25) is 0 Å². The van der Waals surface area contributed by atoms with Gasteiger partial charge in [-0.3, -0.25) is 14.9 Å². The topological polar surface area (TPSA) is 88.0 Å². The minimum absolute atomic E-state index is 0.0599. The summed E-state index contributed by atoms with van der Waals surface area (Å²) in [5, 5.41) is 15.2. The molecule has 0 saturated carbocycles. The first-order valence-corrected chi connectivity index (χ1v) is 6.63. The Hall–Kier alpha value is -2.67. The zero-order chi connectivity index (χ0) is 14.1. The van der Waals surface area contributed by atoms with Crippen LogP contribution in [0.5, 0.6) is 0 Å². The maximum Gasteiger partial charge on any atom is 0.272 e. The number of carbonyl (C=O) groups is 1. The molecule has 3 aromatic rings. The number of aromatic nitrogens is 1. The van der Waals surface area contributed by atoms with Crippen LogP contribution in [-0.2, 0) is 0 Å². The largest absolute Gasteiger partial charge is 0.350 e. The number of benzene rings is 1. The molecule has 100 valence electrons. The zero-order valence-electron chi connectivity index (χ0n) is 10.1. The van der Waals surface area contributed by atoms with Gasteiger partial charge in [-0.25, -0.2) is 0 Å². The summed E-state index contributed by atoms with van der Waals surface area (Å²) in [6.07, 6.45) is 0. The summed E-state index contributed by atoms with van der Waals surface area (Å²) >= 11 is 1.54. The van der Waals surface area contributed by atoms with Crippen molar-refractivity contribution in [1.82, 2.24) is 4.98 Å². The van der Waals surface area contributed by atoms with E-state index < -0.39 is 4.92 Å². The quantitative estimate of drug-likeness (QED) is 0.571. The van der Waals surface area contributed by atoms with E-state index in [0.29, 0.717) is 11.4 Å². The molecule has 2 aromatic heterocycles. The van der Waals surface area contributed by atoms with Crippen LogP contribution in [0.4, 0.5) is 11.4 Å². The Morgan fingerprint density at radius 2 is 2.15 bits per heavy atom. The van der Waals surface area contributed by atoms with E-state index in [2.05, 4.69) is 10.3 Å². The molecule has 1 amide bonds. The number of hydrogen-bond acceptors (Lipinski definition) is 4. The molecule has 0 aliphatic rings. The molecule has 0 spiro atoms. The Bertz CT molecular complexity index is 777. The molecule has 0 saturated heterocycles. The van der Waals surface area contributed by atoms with Crippen molar-refractivity contribution in [3.05, 3.63) is 57.6 Å². The summed E-state index contributed by atoms with van der Waals surface area (Å²) in [6.45, 7) is 0. The Kier molecular flexibility index (Phi) is 2.96. The summed E-state index contributed by atoms with van der Waals surface area (Å²) in [5.74, 6) is -0.325. The molecule has 0 aliphatic carbocycles. The van der Waals surface area contributed by atoms with Crippen LogP contribution in [0, 0.1) is 10.1 Å². The van der Waals surface area contributed by atoms with Crippen molar-refractivity contribution in [1.29, 1.82) is 0 Å². The average Bonchev–Trinajstić information content (AvgIpc) is 2.99. The normalized spacial score (nSPS) is 10.6. The van der Waals surface area contributed by atoms with Crippen molar-refractivity contribution in [3.8, 4) is 0 Å². The number of hydrogen-bond donors (Lipinski definition) is 2. The van der Waals surface area contributed by atoms with Gasteiger partial charge in [0.15, 0.2) is 0 Å². The van der Waals surface area contributed by atoms with E-state index in [1.54, 1.807) is 12.1 Å². The van der Waals surface area contributed by atoms with Gasteiger partial charge in [0.25, 0.3) is 11.6 Å². The monoisotopic (exact) mass is 287 g/mol. The minimum Gasteiger partial charge on any atom is -0.350 e. The first-order valence-electron chi connectivity index (χ1n) is 5.75. The summed E-state index contributed by atoms with van der Waals surface area (Å²) in [7, 11) is 0. The van der Waals surface area contributed by atoms with Gasteiger partial charge in [0.05, 0.1) is 15.1 Å². The zero-order valence-corrected chi connectivity index (χ0v) is 10.9. The van der Waals surface area contributed by atoms with Crippen LogP contribution < -0.4 is 5.32 Å². The second kappa shape index (κ2) is 4.78. The highest BCUT2D eigenvalue weighted by Crippen LogP contribution is 2.22. The van der Waals surface area contributed by atoms with Crippen molar-refractivity contribution in [2.24, 2.45) is 0 Å². The molecule has 0 radical (unpaired) electrons. The highest BCUT2D eigenvalue weighted by Gasteiger charge is 2.12. The van der Waals surface area contributed by atoms with E-state index in [0.717, 1.165) is 10.2 Å². The van der Waals surface area contributed by atoms with Crippen LogP contribution in [0.25, 0.3) is 10.2 Å². The van der Waals surface area contributed by atoms with E-state index >= 15 is 0 Å². The summed E-state index contributed by atoms with van der Waals surface area (Å²) in [6, 6.07) is 9.48. The molecule has 2 heterocycles. The number of nitrogens with zero attached hydrogens (tertiary/aromatic N) is 1. The van der Waals surface area contributed by atoms with E-state index in [4.69, 9.17) is 0 Å². The lowest BCUT2D eigenvalue weighted by Gasteiger charge is -2.03. The number of nitrogens with one attached hydrogen (secondary N) is 2. The molecule has 7 heteroatoms. The van der Waals surface area contributed by atoms with E-state index in [1.165, 1.54) is 29.5 Å². The van der Waals surface area contributed by atoms with Crippen molar-refractivity contribution in [3.63, 3.8) is 0 Å². The molecule has 1 aromatic carbocycles. The number of H-pyrrole nitrogens is 1. The van der Waals surface area contributed by atoms with Crippen molar-refractivity contribution in [2.45, 2.75) is 0 Å². The van der Waals surface area contributed by atoms with Crippen LogP contribution in [0.1, 0.15) is 10.5 Å². The molecule has 2 N–H and O–H groups in total. The molecule has 0 bridgehead atoms. The van der Waals surface area contributed by atoms with Gasteiger partial charge < -0.3 is 10.3 Å². The van der Waals surface area contributed by atoms with Crippen LogP contribution in [0.3, 0.4) is 0 Å². The lowest BCUT2D eigenvalue weighted by Crippen LogP contribution is -2.12. The maximum atomic E-state index is 12.1. The number of nitro groups is 1. The van der Waals surface area contributed by atoms with E-state index in [1.807, 2.05) is 11.4 Å². The Labute approximate surface area is 117 Å². The predicted molar refractivity (Wildman–Crippen MR) is 77.2 cm³/mol. The molecule has 20 heavy (non-hydrogen) atoms.